The van der Waals surface area contributed by atoms with Crippen molar-refractivity contribution in [1.82, 2.24) is 9.97 Å². The van der Waals surface area contributed by atoms with E-state index < -0.39 is 0 Å². The molecule has 0 aliphatic carbocycles. The molecule has 0 saturated heterocycles. The minimum Gasteiger partial charge on any atom is -0.495 e. The third-order valence-corrected chi connectivity index (χ3v) is 2.65. The molecule has 2 N–H and O–H groups in total. The Kier molecular flexibility index (Phi) is 3.32. The standard InChI is InChI=1S/C13H16N4O/c1-9-8-12(16-13(14)15-9)17(2)10-6-4-5-7-11(10)18-3/h4-8H,1-3H3,(H2,14,15,16). The van der Waals surface area contributed by atoms with Crippen molar-refractivity contribution in [3.63, 3.8) is 0 Å². The second-order valence-corrected chi connectivity index (χ2v) is 3.96. The SMILES string of the molecule is COc1ccccc1N(C)c1cc(C)nc(N)n1. The van der Waals surface area contributed by atoms with Crippen LogP contribution in [0.4, 0.5) is 17.5 Å². The number of rotatable bonds is 3. The van der Waals surface area contributed by atoms with Crippen molar-refractivity contribution in [1.29, 1.82) is 0 Å². The van der Waals surface area contributed by atoms with Crippen molar-refractivity contribution in [3.8, 4) is 5.75 Å². The maximum absolute atomic E-state index is 5.67. The largest absolute Gasteiger partial charge is 0.495 e. The molecule has 2 rings (SSSR count). The molecule has 5 heteroatoms. The first-order chi connectivity index (χ1) is 8.61. The Bertz CT molecular complexity index is 536. The lowest BCUT2D eigenvalue weighted by molar-refractivity contribution is 0.415. The third kappa shape index (κ3) is 2.34. The van der Waals surface area contributed by atoms with E-state index in [1.807, 2.05) is 49.2 Å². The summed E-state index contributed by atoms with van der Waals surface area (Å²) in [6.45, 7) is 1.89. The summed E-state index contributed by atoms with van der Waals surface area (Å²) in [6, 6.07) is 9.63. The molecular formula is C13H16N4O. The lowest BCUT2D eigenvalue weighted by atomic mass is 10.2. The Morgan fingerprint density at radius 1 is 1.22 bits per heavy atom. The molecular weight excluding hydrogens is 228 g/mol. The normalized spacial score (nSPS) is 10.2. The summed E-state index contributed by atoms with van der Waals surface area (Å²) in [6.07, 6.45) is 0. The van der Waals surface area contributed by atoms with Crippen LogP contribution < -0.4 is 15.4 Å². The molecule has 1 heterocycles. The summed E-state index contributed by atoms with van der Waals surface area (Å²) >= 11 is 0. The van der Waals surface area contributed by atoms with Crippen molar-refractivity contribution in [2.75, 3.05) is 24.8 Å². The molecule has 0 atom stereocenters. The van der Waals surface area contributed by atoms with Gasteiger partial charge in [0.25, 0.3) is 0 Å². The van der Waals surface area contributed by atoms with Crippen LogP contribution in [0.2, 0.25) is 0 Å². The van der Waals surface area contributed by atoms with Gasteiger partial charge in [0.05, 0.1) is 12.8 Å². The average molecular weight is 244 g/mol. The van der Waals surface area contributed by atoms with Crippen LogP contribution in [-0.4, -0.2) is 24.1 Å². The molecule has 1 aromatic carbocycles. The van der Waals surface area contributed by atoms with E-state index in [4.69, 9.17) is 10.5 Å². The van der Waals surface area contributed by atoms with Crippen LogP contribution in [0, 0.1) is 6.92 Å². The topological polar surface area (TPSA) is 64.3 Å². The van der Waals surface area contributed by atoms with Gasteiger partial charge < -0.3 is 15.4 Å². The van der Waals surface area contributed by atoms with E-state index in [1.165, 1.54) is 0 Å². The first-order valence-corrected chi connectivity index (χ1v) is 5.59. The van der Waals surface area contributed by atoms with Gasteiger partial charge in [0.15, 0.2) is 0 Å². The van der Waals surface area contributed by atoms with Crippen LogP contribution in [0.5, 0.6) is 5.75 Å². The highest BCUT2D eigenvalue weighted by atomic mass is 16.5. The minimum atomic E-state index is 0.270. The summed E-state index contributed by atoms with van der Waals surface area (Å²) in [7, 11) is 3.56. The van der Waals surface area contributed by atoms with Crippen LogP contribution >= 0.6 is 0 Å². The molecule has 0 amide bonds. The van der Waals surface area contributed by atoms with E-state index in [0.29, 0.717) is 0 Å². The van der Waals surface area contributed by atoms with Crippen LogP contribution in [0.15, 0.2) is 30.3 Å². The summed E-state index contributed by atoms with van der Waals surface area (Å²) in [5.41, 5.74) is 7.43. The molecule has 0 saturated carbocycles. The zero-order chi connectivity index (χ0) is 13.1. The van der Waals surface area contributed by atoms with Gasteiger partial charge in [0.1, 0.15) is 11.6 Å². The number of aryl methyl sites for hydroxylation is 1. The maximum Gasteiger partial charge on any atom is 0.222 e. The minimum absolute atomic E-state index is 0.270. The molecule has 18 heavy (non-hydrogen) atoms. The van der Waals surface area contributed by atoms with E-state index in [2.05, 4.69) is 9.97 Å². The number of hydrogen-bond acceptors (Lipinski definition) is 5. The molecule has 0 aliphatic rings. The zero-order valence-electron chi connectivity index (χ0n) is 10.7. The summed E-state index contributed by atoms with van der Waals surface area (Å²) < 4.78 is 5.33. The number of benzene rings is 1. The van der Waals surface area contributed by atoms with E-state index >= 15 is 0 Å². The Balaban J connectivity index is 2.44. The highest BCUT2D eigenvalue weighted by Gasteiger charge is 2.11. The van der Waals surface area contributed by atoms with Gasteiger partial charge in [-0.05, 0) is 19.1 Å². The number of para-hydroxylation sites is 2. The van der Waals surface area contributed by atoms with Gasteiger partial charge in [-0.25, -0.2) is 4.98 Å². The molecule has 0 unspecified atom stereocenters. The predicted molar refractivity (Wildman–Crippen MR) is 72.2 cm³/mol. The molecule has 94 valence electrons. The fourth-order valence-electron chi connectivity index (χ4n) is 1.78. The molecule has 0 radical (unpaired) electrons. The van der Waals surface area contributed by atoms with Crippen LogP contribution in [0.25, 0.3) is 0 Å². The highest BCUT2D eigenvalue weighted by Crippen LogP contribution is 2.31. The number of ether oxygens (including phenoxy) is 1. The molecule has 0 spiro atoms. The van der Waals surface area contributed by atoms with Gasteiger partial charge in [-0.1, -0.05) is 12.1 Å². The summed E-state index contributed by atoms with van der Waals surface area (Å²) in [5.74, 6) is 1.80. The number of nitrogen functional groups attached to an aromatic ring is 1. The Morgan fingerprint density at radius 2 is 1.94 bits per heavy atom. The van der Waals surface area contributed by atoms with Crippen LogP contribution in [0.1, 0.15) is 5.69 Å². The van der Waals surface area contributed by atoms with Gasteiger partial charge in [-0.2, -0.15) is 4.98 Å². The number of hydrogen-bond donors (Lipinski definition) is 1. The van der Waals surface area contributed by atoms with Crippen molar-refractivity contribution in [3.05, 3.63) is 36.0 Å². The Hall–Kier alpha value is -2.30. The second kappa shape index (κ2) is 4.91. The number of anilines is 3. The number of nitrogens with two attached hydrogens (primary N) is 1. The van der Waals surface area contributed by atoms with Gasteiger partial charge in [-0.15, -0.1) is 0 Å². The monoisotopic (exact) mass is 244 g/mol. The molecule has 2 aromatic rings. The van der Waals surface area contributed by atoms with Crippen molar-refractivity contribution in [2.24, 2.45) is 0 Å². The van der Waals surface area contributed by atoms with Gasteiger partial charge >= 0.3 is 0 Å². The fourth-order valence-corrected chi connectivity index (χ4v) is 1.78. The zero-order valence-corrected chi connectivity index (χ0v) is 10.7. The average Bonchev–Trinajstić information content (AvgIpc) is 2.36. The second-order valence-electron chi connectivity index (χ2n) is 3.96. The number of methoxy groups -OCH3 is 1. The molecule has 0 bridgehead atoms. The third-order valence-electron chi connectivity index (χ3n) is 2.65. The molecule has 5 nitrogen and oxygen atoms in total. The highest BCUT2D eigenvalue weighted by molar-refractivity contribution is 5.66. The Morgan fingerprint density at radius 3 is 2.61 bits per heavy atom. The number of aromatic nitrogens is 2. The molecule has 0 fully saturated rings. The van der Waals surface area contributed by atoms with Crippen molar-refractivity contribution >= 4 is 17.5 Å². The van der Waals surface area contributed by atoms with Gasteiger partial charge in [0.2, 0.25) is 5.95 Å². The van der Waals surface area contributed by atoms with Gasteiger partial charge in [-0.3, -0.25) is 0 Å². The van der Waals surface area contributed by atoms with E-state index in [9.17, 15) is 0 Å². The fraction of sp³-hybridized carbons (Fsp3) is 0.231. The predicted octanol–water partition coefficient (Wildman–Crippen LogP) is 2.14. The quantitative estimate of drug-likeness (QED) is 0.896. The molecule has 0 aliphatic heterocycles. The summed E-state index contributed by atoms with van der Waals surface area (Å²) in [4.78, 5) is 10.2. The van der Waals surface area contributed by atoms with Crippen molar-refractivity contribution in [2.45, 2.75) is 6.92 Å². The van der Waals surface area contributed by atoms with Gasteiger partial charge in [0, 0.05) is 18.8 Å². The lowest BCUT2D eigenvalue weighted by Crippen LogP contribution is -2.14. The van der Waals surface area contributed by atoms with E-state index in [1.54, 1.807) is 7.11 Å². The first kappa shape index (κ1) is 12.2. The molecule has 1 aromatic heterocycles. The van der Waals surface area contributed by atoms with Crippen LogP contribution in [-0.2, 0) is 0 Å². The smallest absolute Gasteiger partial charge is 0.222 e. The first-order valence-electron chi connectivity index (χ1n) is 5.59. The van der Waals surface area contributed by atoms with Crippen molar-refractivity contribution < 1.29 is 4.74 Å². The van der Waals surface area contributed by atoms with E-state index in [-0.39, 0.29) is 5.95 Å². The maximum atomic E-state index is 5.67. The van der Waals surface area contributed by atoms with E-state index in [0.717, 1.165) is 22.9 Å². The summed E-state index contributed by atoms with van der Waals surface area (Å²) in [5, 5.41) is 0. The lowest BCUT2D eigenvalue weighted by Gasteiger charge is -2.21. The Labute approximate surface area is 106 Å². The van der Waals surface area contributed by atoms with Crippen LogP contribution in [0.3, 0.4) is 0 Å². The number of nitrogens with zero attached hydrogens (tertiary/aromatic N) is 3.